The molecule has 0 aliphatic carbocycles. The van der Waals surface area contributed by atoms with Gasteiger partial charge in [0.25, 0.3) is 0 Å². The first kappa shape index (κ1) is 73.0. The van der Waals surface area contributed by atoms with Gasteiger partial charge in [0.1, 0.15) is 34.6 Å². The molecule has 0 aliphatic heterocycles. The fourth-order valence-electron chi connectivity index (χ4n) is 9.14. The van der Waals surface area contributed by atoms with Crippen molar-refractivity contribution in [2.45, 2.75) is 48.5 Å². The Morgan fingerprint density at radius 3 is 1.37 bits per heavy atom. The minimum absolute atomic E-state index is 0. The zero-order valence-electron chi connectivity index (χ0n) is 49.8. The third kappa shape index (κ3) is 19.7. The van der Waals surface area contributed by atoms with Crippen LogP contribution >= 0.6 is 24.5 Å². The van der Waals surface area contributed by atoms with Crippen molar-refractivity contribution in [2.75, 3.05) is 6.61 Å². The van der Waals surface area contributed by atoms with Gasteiger partial charge in [-0.1, -0.05) is 122 Å². The Morgan fingerprint density at radius 1 is 0.441 bits per heavy atom. The van der Waals surface area contributed by atoms with Crippen LogP contribution in [0.5, 0.6) is 11.5 Å². The van der Waals surface area contributed by atoms with Crippen molar-refractivity contribution in [3.63, 3.8) is 0 Å². The van der Waals surface area contributed by atoms with Crippen molar-refractivity contribution < 1.29 is 76.1 Å². The molecule has 93 heavy (non-hydrogen) atoms. The van der Waals surface area contributed by atoms with Crippen molar-refractivity contribution >= 4 is 68.6 Å². The van der Waals surface area contributed by atoms with Crippen LogP contribution in [0.2, 0.25) is 0 Å². The van der Waals surface area contributed by atoms with Crippen molar-refractivity contribution in [1.29, 1.82) is 0 Å². The Hall–Kier alpha value is -9.06. The van der Waals surface area contributed by atoms with E-state index in [-0.39, 0.29) is 79.8 Å². The molecule has 0 bridgehead atoms. The van der Waals surface area contributed by atoms with Gasteiger partial charge in [0.05, 0.1) is 0 Å². The molecule has 0 spiro atoms. The Bertz CT molecular complexity index is 4600. The van der Waals surface area contributed by atoms with Crippen LogP contribution in [0.15, 0.2) is 243 Å². The number of para-hydroxylation sites is 2. The van der Waals surface area contributed by atoms with Crippen molar-refractivity contribution in [3.05, 3.63) is 278 Å². The molecular weight excluding hydrogens is 1240 g/mol. The predicted molar refractivity (Wildman–Crippen MR) is 362 cm³/mol. The van der Waals surface area contributed by atoms with Gasteiger partial charge in [0, 0.05) is 99.0 Å². The molecule has 0 aliphatic rings. The van der Waals surface area contributed by atoms with Crippen molar-refractivity contribution in [1.82, 2.24) is 37.8 Å². The summed E-state index contributed by atoms with van der Waals surface area (Å²) in [5.74, 6) is 0.259. The van der Waals surface area contributed by atoms with E-state index in [2.05, 4.69) is 55.9 Å². The first-order valence-electron chi connectivity index (χ1n) is 28.2. The molecule has 14 nitrogen and oxygen atoms in total. The van der Waals surface area contributed by atoms with E-state index < -0.39 is 0 Å². The molecule has 8 aromatic heterocycles. The number of aliphatic hydroxyl groups excluding tert-OH is 1. The summed E-state index contributed by atoms with van der Waals surface area (Å²) in [5, 5.41) is 11.6. The topological polar surface area (TPSA) is 180 Å². The van der Waals surface area contributed by atoms with E-state index in [4.69, 9.17) is 23.5 Å². The maximum Gasteiger partial charge on any atom is 1.00 e. The fraction of sp³-hybridized carbons (Fsp3) is 0.111. The molecule has 4 N–H and O–H groups in total. The number of hydrogen-bond donors (Lipinski definition) is 3. The average molecular weight is 1300 g/mol. The summed E-state index contributed by atoms with van der Waals surface area (Å²) in [6, 6.07) is 60.6. The zero-order valence-corrected chi connectivity index (χ0v) is 53.4. The number of nitrogens with zero attached hydrogens (tertiary/aromatic N) is 6. The molecule has 14 rings (SSSR count). The molecule has 0 fully saturated rings. The van der Waals surface area contributed by atoms with Crippen LogP contribution in [0.4, 0.5) is 17.6 Å². The van der Waals surface area contributed by atoms with Crippen molar-refractivity contribution in [3.8, 4) is 56.0 Å². The molecule has 0 radical (unpaired) electrons. The van der Waals surface area contributed by atoms with Gasteiger partial charge in [-0.15, -0.1) is 0 Å². The quantitative estimate of drug-likeness (QED) is 0.0309. The summed E-state index contributed by atoms with van der Waals surface area (Å²) in [5.41, 5.74) is 12.3. The number of aromatic amines is 2. The molecule has 0 amide bonds. The third-order valence-corrected chi connectivity index (χ3v) is 14.7. The Balaban J connectivity index is 0.000000194. The van der Waals surface area contributed by atoms with Crippen LogP contribution in [-0.2, 0) is 21.5 Å². The van der Waals surface area contributed by atoms with Gasteiger partial charge in [0.2, 0.25) is 0 Å². The van der Waals surface area contributed by atoms with Gasteiger partial charge >= 0.3 is 29.6 Å². The maximum atomic E-state index is 13.5. The second kappa shape index (κ2) is 36.3. The number of aromatic nitrogens is 8. The van der Waals surface area contributed by atoms with Crippen LogP contribution in [0.25, 0.3) is 88.6 Å². The molecule has 472 valence electrons. The number of pyridine rings is 4. The maximum absolute atomic E-state index is 13.5. The Kier molecular flexibility index (Phi) is 28.5. The predicted octanol–water partition coefficient (Wildman–Crippen LogP) is 16.5. The summed E-state index contributed by atoms with van der Waals surface area (Å²) in [4.78, 5) is 34.5. The van der Waals surface area contributed by atoms with E-state index in [9.17, 15) is 17.6 Å². The zero-order chi connectivity index (χ0) is 61.9. The van der Waals surface area contributed by atoms with Gasteiger partial charge in [-0.25, -0.2) is 45.4 Å². The van der Waals surface area contributed by atoms with Crippen molar-refractivity contribution in [2.24, 2.45) is 0 Å². The number of nitrogens with one attached hydrogen (secondary N) is 2. The molecule has 0 unspecified atom stereocenters. The molecule has 0 saturated carbocycles. The SMILES string of the molecule is C.C.CCO.CCc1cc2cc(-c3cccc(F)c3)cnc2[nH]1.CCc1cc2cc(-c3cccc(F)c3)cnc2n1SOOc1ccccc1.Fc1cccc(-c2cnc3[nH]ccc3c2)c1.Fc1cccc(-c2cnc3c(ccn3SOOc3ccccc3)c2)c1.[Na+].[OH-]. The molecule has 8 heterocycles. The van der Waals surface area contributed by atoms with Gasteiger partial charge in [-0.3, -0.25) is 0 Å². The minimum Gasteiger partial charge on any atom is -0.870 e. The number of H-pyrrole nitrogens is 2. The molecular formula is C72H67F4N8NaO6S2. The fourth-order valence-corrected chi connectivity index (χ4v) is 10.3. The number of hydrogen-bond acceptors (Lipinski definition) is 12. The standard InChI is InChI=1S/C21H17FN2O2S.C19H13FN2O2S.C15H13FN2.C13H9FN2.C2H6O.2CH4.Na.H2O/c1-2-19-13-16-11-17(15-7-6-8-18(22)12-15)14-23-21(16)24(19)27-26-25-20-9-4-3-5-10-20;20-17-6-4-5-14(12-17)16-11-15-9-10-22(19(15)21-13-16)25-24-23-18-7-2-1-3-8-18;1-2-14-8-11-6-12(9-17-15(11)18-14)10-4-3-5-13(16)7-10;14-12-3-1-2-9(7-12)11-6-10-4-5-15-13(10)16-8-11;1-2-3;;;;/h3-14H,2H2,1H3;1-13H;3-9H,2H2,1H3,(H,17,18);1-8H,(H,15,16);3H,2H2,1H3;2*1H4;;1H2/q;;;;;;;+1;/p-1. The van der Waals surface area contributed by atoms with E-state index in [1.54, 1.807) is 72.1 Å². The summed E-state index contributed by atoms with van der Waals surface area (Å²) in [6.45, 7) is 6.09. The number of benzene rings is 6. The summed E-state index contributed by atoms with van der Waals surface area (Å²) in [6.07, 6.45) is 12.4. The van der Waals surface area contributed by atoms with Gasteiger partial charge in [-0.05, 0) is 163 Å². The minimum atomic E-state index is -0.266. The van der Waals surface area contributed by atoms with Crippen LogP contribution < -0.4 is 39.3 Å². The smallest absolute Gasteiger partial charge is 0.870 e. The van der Waals surface area contributed by atoms with E-state index in [0.717, 1.165) is 137 Å². The van der Waals surface area contributed by atoms with E-state index in [1.165, 1.54) is 48.5 Å². The second-order valence-electron chi connectivity index (χ2n) is 19.6. The summed E-state index contributed by atoms with van der Waals surface area (Å²) in [7, 11) is 0. The van der Waals surface area contributed by atoms with E-state index >= 15 is 0 Å². The number of aryl methyl sites for hydroxylation is 2. The van der Waals surface area contributed by atoms with Crippen LogP contribution in [0, 0.1) is 23.3 Å². The number of rotatable bonds is 14. The number of aliphatic hydroxyl groups is 1. The molecule has 6 aromatic carbocycles. The van der Waals surface area contributed by atoms with Gasteiger partial charge in [-0.2, -0.15) is 0 Å². The molecule has 0 atom stereocenters. The number of fused-ring (bicyclic) bond motifs is 4. The summed E-state index contributed by atoms with van der Waals surface area (Å²) >= 11 is 2.11. The monoisotopic (exact) mass is 1300 g/mol. The third-order valence-electron chi connectivity index (χ3n) is 13.4. The van der Waals surface area contributed by atoms with E-state index in [1.807, 2.05) is 126 Å². The first-order valence-corrected chi connectivity index (χ1v) is 29.6. The number of halogens is 4. The van der Waals surface area contributed by atoms with Crippen LogP contribution in [-0.4, -0.2) is 55.0 Å². The van der Waals surface area contributed by atoms with E-state index in [0.29, 0.717) is 11.5 Å². The normalized spacial score (nSPS) is 10.3. The molecule has 14 aromatic rings. The summed E-state index contributed by atoms with van der Waals surface area (Å²) < 4.78 is 67.4. The van der Waals surface area contributed by atoms with Crippen LogP contribution in [0.3, 0.4) is 0 Å². The Labute approximate surface area is 567 Å². The Morgan fingerprint density at radius 2 is 0.882 bits per heavy atom. The van der Waals surface area contributed by atoms with Gasteiger partial charge in [0.15, 0.2) is 47.3 Å². The van der Waals surface area contributed by atoms with Gasteiger partial charge < -0.3 is 30.3 Å². The average Bonchev–Trinajstić information content (AvgIpc) is 2.01. The largest absolute Gasteiger partial charge is 1.00 e. The second-order valence-corrected chi connectivity index (χ2v) is 20.9. The first-order chi connectivity index (χ1) is 43.5. The molecule has 0 saturated heterocycles. The van der Waals surface area contributed by atoms with Crippen LogP contribution in [0.1, 0.15) is 47.0 Å². The molecule has 21 heteroatoms.